The molecule has 3 N–H and O–H groups in total. The van der Waals surface area contributed by atoms with Crippen LogP contribution in [0.15, 0.2) is 48.5 Å². The molecule has 1 atom stereocenters. The van der Waals surface area contributed by atoms with E-state index in [0.29, 0.717) is 5.75 Å². The van der Waals surface area contributed by atoms with Crippen LogP contribution in [0, 0.1) is 0 Å². The molecular weight excluding hydrogens is 342 g/mol. The molecule has 2 rings (SSSR count). The summed E-state index contributed by atoms with van der Waals surface area (Å²) in [6.07, 6.45) is 0. The number of thioether (sulfide) groups is 1. The van der Waals surface area contributed by atoms with Crippen molar-refractivity contribution in [2.45, 2.75) is 17.9 Å². The Bertz CT molecular complexity index is 759. The topological polar surface area (TPSA) is 104 Å². The molecular formula is C18H17NO5S. The fourth-order valence-corrected chi connectivity index (χ4v) is 2.91. The third kappa shape index (κ3) is 5.36. The molecule has 6 nitrogen and oxygen atoms in total. The van der Waals surface area contributed by atoms with Crippen molar-refractivity contribution in [3.8, 4) is 0 Å². The van der Waals surface area contributed by atoms with Crippen LogP contribution in [-0.4, -0.2) is 33.3 Å². The van der Waals surface area contributed by atoms with Crippen molar-refractivity contribution in [3.05, 3.63) is 65.2 Å². The van der Waals surface area contributed by atoms with Crippen LogP contribution in [0.4, 0.5) is 5.69 Å². The quantitative estimate of drug-likeness (QED) is 0.700. The minimum atomic E-state index is -1.26. The normalized spacial score (nSPS) is 11.6. The van der Waals surface area contributed by atoms with Gasteiger partial charge in [0.25, 0.3) is 0 Å². The Morgan fingerprint density at radius 1 is 1.00 bits per heavy atom. The van der Waals surface area contributed by atoms with Crippen LogP contribution in [0.1, 0.15) is 33.2 Å². The van der Waals surface area contributed by atoms with E-state index in [0.717, 1.165) is 11.6 Å². The highest BCUT2D eigenvalue weighted by Crippen LogP contribution is 2.21. The molecule has 2 aromatic carbocycles. The van der Waals surface area contributed by atoms with Gasteiger partial charge in [0.1, 0.15) is 0 Å². The number of hydrogen-bond acceptors (Lipinski definition) is 4. The average molecular weight is 359 g/mol. The van der Waals surface area contributed by atoms with Crippen molar-refractivity contribution < 1.29 is 24.6 Å². The summed E-state index contributed by atoms with van der Waals surface area (Å²) < 4.78 is 0. The molecule has 0 bridgehead atoms. The van der Waals surface area contributed by atoms with E-state index in [-0.39, 0.29) is 28.0 Å². The van der Waals surface area contributed by atoms with Crippen LogP contribution in [0.3, 0.4) is 0 Å². The van der Waals surface area contributed by atoms with Gasteiger partial charge in [-0.2, -0.15) is 0 Å². The van der Waals surface area contributed by atoms with Gasteiger partial charge in [0, 0.05) is 11.4 Å². The molecule has 1 unspecified atom stereocenters. The number of hydrogen-bond donors (Lipinski definition) is 3. The number of anilines is 1. The van der Waals surface area contributed by atoms with E-state index in [4.69, 9.17) is 10.2 Å². The minimum absolute atomic E-state index is 0.148. The second kappa shape index (κ2) is 8.34. The molecule has 0 saturated carbocycles. The first-order valence-electron chi connectivity index (χ1n) is 7.45. The molecule has 1 amide bonds. The SMILES string of the molecule is CC(SCc1ccccc1)C(=O)Nc1cc(C(=O)O)cc(C(=O)O)c1. The van der Waals surface area contributed by atoms with Gasteiger partial charge >= 0.3 is 11.9 Å². The van der Waals surface area contributed by atoms with Gasteiger partial charge in [0.05, 0.1) is 16.4 Å². The molecule has 0 aromatic heterocycles. The molecule has 0 aliphatic heterocycles. The van der Waals surface area contributed by atoms with Gasteiger partial charge in [0.2, 0.25) is 5.91 Å². The molecule has 0 heterocycles. The Morgan fingerprint density at radius 2 is 1.56 bits per heavy atom. The molecule has 0 radical (unpaired) electrons. The lowest BCUT2D eigenvalue weighted by molar-refractivity contribution is -0.115. The van der Waals surface area contributed by atoms with Gasteiger partial charge in [-0.3, -0.25) is 4.79 Å². The number of carboxylic acid groups (broad SMARTS) is 2. The number of carboxylic acids is 2. The van der Waals surface area contributed by atoms with E-state index in [1.165, 1.54) is 23.9 Å². The first kappa shape index (κ1) is 18.5. The van der Waals surface area contributed by atoms with Crippen molar-refractivity contribution >= 4 is 35.3 Å². The van der Waals surface area contributed by atoms with Crippen LogP contribution >= 0.6 is 11.8 Å². The monoisotopic (exact) mass is 359 g/mol. The number of carbonyl (C=O) groups excluding carboxylic acids is 1. The number of benzene rings is 2. The lowest BCUT2D eigenvalue weighted by Crippen LogP contribution is -2.23. The highest BCUT2D eigenvalue weighted by atomic mass is 32.2. The smallest absolute Gasteiger partial charge is 0.335 e. The third-order valence-corrected chi connectivity index (χ3v) is 4.62. The van der Waals surface area contributed by atoms with Crippen LogP contribution < -0.4 is 5.32 Å². The van der Waals surface area contributed by atoms with Crippen molar-refractivity contribution in [3.63, 3.8) is 0 Å². The summed E-state index contributed by atoms with van der Waals surface area (Å²) in [6, 6.07) is 13.2. The van der Waals surface area contributed by atoms with E-state index in [2.05, 4.69) is 5.32 Å². The zero-order valence-corrected chi connectivity index (χ0v) is 14.2. The van der Waals surface area contributed by atoms with Crippen molar-refractivity contribution in [2.75, 3.05) is 5.32 Å². The van der Waals surface area contributed by atoms with Crippen LogP contribution in [0.5, 0.6) is 0 Å². The summed E-state index contributed by atoms with van der Waals surface area (Å²) in [4.78, 5) is 34.5. The van der Waals surface area contributed by atoms with Crippen molar-refractivity contribution in [2.24, 2.45) is 0 Å². The minimum Gasteiger partial charge on any atom is -0.478 e. The van der Waals surface area contributed by atoms with Gasteiger partial charge in [-0.25, -0.2) is 9.59 Å². The van der Waals surface area contributed by atoms with Crippen molar-refractivity contribution in [1.29, 1.82) is 0 Å². The molecule has 0 aliphatic rings. The Kier molecular flexibility index (Phi) is 6.19. The highest BCUT2D eigenvalue weighted by Gasteiger charge is 2.16. The molecule has 0 spiro atoms. The van der Waals surface area contributed by atoms with Gasteiger partial charge in [0.15, 0.2) is 0 Å². The van der Waals surface area contributed by atoms with E-state index < -0.39 is 11.9 Å². The third-order valence-electron chi connectivity index (χ3n) is 3.41. The lowest BCUT2D eigenvalue weighted by Gasteiger charge is -2.13. The molecule has 2 aromatic rings. The number of rotatable bonds is 7. The molecule has 130 valence electrons. The van der Waals surface area contributed by atoms with E-state index in [1.807, 2.05) is 30.3 Å². The van der Waals surface area contributed by atoms with E-state index in [9.17, 15) is 14.4 Å². The summed E-state index contributed by atoms with van der Waals surface area (Å²) >= 11 is 1.43. The molecule has 25 heavy (non-hydrogen) atoms. The second-order valence-corrected chi connectivity index (χ2v) is 6.67. The van der Waals surface area contributed by atoms with Gasteiger partial charge in [-0.1, -0.05) is 30.3 Å². The number of nitrogens with one attached hydrogen (secondary N) is 1. The standard InChI is InChI=1S/C18H17NO5S/c1-11(25-10-12-5-3-2-4-6-12)16(20)19-15-8-13(17(21)22)7-14(9-15)18(23)24/h2-9,11H,10H2,1H3,(H,19,20)(H,21,22)(H,23,24). The Labute approximate surface area is 148 Å². The summed E-state index contributed by atoms with van der Waals surface area (Å²) in [6.45, 7) is 1.74. The summed E-state index contributed by atoms with van der Waals surface area (Å²) in [5.74, 6) is -2.18. The molecule has 0 saturated heterocycles. The second-order valence-electron chi connectivity index (χ2n) is 5.34. The Hall–Kier alpha value is -2.80. The largest absolute Gasteiger partial charge is 0.478 e. The van der Waals surface area contributed by atoms with Crippen LogP contribution in [0.25, 0.3) is 0 Å². The summed E-state index contributed by atoms with van der Waals surface area (Å²) in [7, 11) is 0. The fourth-order valence-electron chi connectivity index (χ4n) is 2.06. The maximum atomic E-state index is 12.3. The zero-order chi connectivity index (χ0) is 18.4. The highest BCUT2D eigenvalue weighted by molar-refractivity contribution is 7.99. The number of aromatic carboxylic acids is 2. The van der Waals surface area contributed by atoms with Crippen LogP contribution in [0.2, 0.25) is 0 Å². The summed E-state index contributed by atoms with van der Waals surface area (Å²) in [5, 5.41) is 20.3. The van der Waals surface area contributed by atoms with E-state index >= 15 is 0 Å². The number of carbonyl (C=O) groups is 3. The molecule has 0 aliphatic carbocycles. The predicted octanol–water partition coefficient (Wildman–Crippen LogP) is 3.34. The average Bonchev–Trinajstić information content (AvgIpc) is 2.60. The Balaban J connectivity index is 2.06. The van der Waals surface area contributed by atoms with E-state index in [1.54, 1.807) is 6.92 Å². The van der Waals surface area contributed by atoms with Gasteiger partial charge in [-0.05, 0) is 30.7 Å². The first-order valence-corrected chi connectivity index (χ1v) is 8.50. The summed E-state index contributed by atoms with van der Waals surface area (Å²) in [5.41, 5.74) is 0.849. The Morgan fingerprint density at radius 3 is 2.08 bits per heavy atom. The maximum Gasteiger partial charge on any atom is 0.335 e. The number of amides is 1. The van der Waals surface area contributed by atoms with Gasteiger partial charge < -0.3 is 15.5 Å². The first-order chi connectivity index (χ1) is 11.9. The maximum absolute atomic E-state index is 12.3. The predicted molar refractivity (Wildman–Crippen MR) is 96.2 cm³/mol. The lowest BCUT2D eigenvalue weighted by atomic mass is 10.1. The van der Waals surface area contributed by atoms with Crippen molar-refractivity contribution in [1.82, 2.24) is 0 Å². The van der Waals surface area contributed by atoms with Crippen LogP contribution in [-0.2, 0) is 10.5 Å². The zero-order valence-electron chi connectivity index (χ0n) is 13.4. The molecule has 0 fully saturated rings. The van der Waals surface area contributed by atoms with Gasteiger partial charge in [-0.15, -0.1) is 11.8 Å². The fraction of sp³-hybridized carbons (Fsp3) is 0.167. The molecule has 7 heteroatoms.